The van der Waals surface area contributed by atoms with Crippen molar-refractivity contribution in [1.82, 2.24) is 10.6 Å². The molecular formula is C27H34N2O8. The minimum absolute atomic E-state index is 0.0722. The molecule has 0 spiro atoms. The Balaban J connectivity index is 1.84. The van der Waals surface area contributed by atoms with E-state index in [0.29, 0.717) is 11.1 Å². The van der Waals surface area contributed by atoms with Gasteiger partial charge in [0.05, 0.1) is 25.2 Å². The van der Waals surface area contributed by atoms with Crippen LogP contribution < -0.4 is 10.6 Å². The van der Waals surface area contributed by atoms with Crippen molar-refractivity contribution in [3.05, 3.63) is 71.3 Å². The Morgan fingerprint density at radius 2 is 1.59 bits per heavy atom. The van der Waals surface area contributed by atoms with Gasteiger partial charge in [0.25, 0.3) is 0 Å². The molecular weight excluding hydrogens is 480 g/mol. The lowest BCUT2D eigenvalue weighted by atomic mass is 10.0. The highest BCUT2D eigenvalue weighted by Gasteiger charge is 2.24. The number of amides is 2. The van der Waals surface area contributed by atoms with Crippen LogP contribution in [0.2, 0.25) is 0 Å². The molecule has 0 heterocycles. The van der Waals surface area contributed by atoms with Crippen LogP contribution in [0.4, 0.5) is 4.79 Å². The van der Waals surface area contributed by atoms with Crippen molar-refractivity contribution >= 4 is 23.9 Å². The monoisotopic (exact) mass is 514 g/mol. The van der Waals surface area contributed by atoms with Crippen molar-refractivity contribution in [2.24, 2.45) is 0 Å². The highest BCUT2D eigenvalue weighted by molar-refractivity contribution is 5.89. The second-order valence-corrected chi connectivity index (χ2v) is 9.35. The van der Waals surface area contributed by atoms with Crippen LogP contribution in [-0.4, -0.2) is 60.4 Å². The largest absolute Gasteiger partial charge is 0.467 e. The Kier molecular flexibility index (Phi) is 11.1. The topological polar surface area (TPSA) is 140 Å². The zero-order valence-corrected chi connectivity index (χ0v) is 21.5. The number of hydrogen-bond donors (Lipinski definition) is 3. The molecule has 2 rings (SSSR count). The Labute approximate surface area is 216 Å². The molecule has 37 heavy (non-hydrogen) atoms. The van der Waals surface area contributed by atoms with E-state index < -0.39 is 41.7 Å². The predicted molar refractivity (Wildman–Crippen MR) is 135 cm³/mol. The Hall–Kier alpha value is -3.92. The van der Waals surface area contributed by atoms with Gasteiger partial charge in [-0.1, -0.05) is 42.5 Å². The molecule has 0 radical (unpaired) electrons. The summed E-state index contributed by atoms with van der Waals surface area (Å²) in [6.45, 7) is 5.17. The first-order valence-corrected chi connectivity index (χ1v) is 11.8. The van der Waals surface area contributed by atoms with Crippen LogP contribution in [0.25, 0.3) is 0 Å². The maximum absolute atomic E-state index is 12.4. The van der Waals surface area contributed by atoms with Crippen LogP contribution in [0.3, 0.4) is 0 Å². The minimum atomic E-state index is -1.20. The highest BCUT2D eigenvalue weighted by atomic mass is 16.6. The zero-order valence-electron chi connectivity index (χ0n) is 21.5. The zero-order chi connectivity index (χ0) is 27.4. The number of rotatable bonds is 11. The first-order chi connectivity index (χ1) is 17.5. The van der Waals surface area contributed by atoms with E-state index >= 15 is 0 Å². The van der Waals surface area contributed by atoms with E-state index in [1.54, 1.807) is 57.2 Å². The van der Waals surface area contributed by atoms with E-state index in [-0.39, 0.29) is 26.0 Å². The van der Waals surface area contributed by atoms with E-state index in [0.717, 1.165) is 5.56 Å². The van der Waals surface area contributed by atoms with Gasteiger partial charge in [0.2, 0.25) is 5.91 Å². The number of aliphatic hydroxyl groups is 1. The number of alkyl carbamates (subject to hydrolysis) is 1. The lowest BCUT2D eigenvalue weighted by Crippen LogP contribution is -2.45. The molecule has 0 saturated heterocycles. The van der Waals surface area contributed by atoms with E-state index in [4.69, 9.17) is 14.2 Å². The molecule has 0 bridgehead atoms. The summed E-state index contributed by atoms with van der Waals surface area (Å²) in [4.78, 5) is 48.6. The average molecular weight is 515 g/mol. The average Bonchev–Trinajstić information content (AvgIpc) is 2.85. The molecule has 0 aliphatic rings. The molecule has 200 valence electrons. The van der Waals surface area contributed by atoms with Crippen molar-refractivity contribution in [3.63, 3.8) is 0 Å². The maximum atomic E-state index is 12.4. The number of aliphatic hydroxyl groups excluding tert-OH is 1. The van der Waals surface area contributed by atoms with Gasteiger partial charge in [-0.15, -0.1) is 0 Å². The predicted octanol–water partition coefficient (Wildman–Crippen LogP) is 2.52. The van der Waals surface area contributed by atoms with Crippen molar-refractivity contribution in [2.45, 2.75) is 58.0 Å². The van der Waals surface area contributed by atoms with Crippen molar-refractivity contribution in [2.75, 3.05) is 13.7 Å². The number of hydrogen-bond acceptors (Lipinski definition) is 8. The third-order valence-electron chi connectivity index (χ3n) is 4.97. The second-order valence-electron chi connectivity index (χ2n) is 9.35. The summed E-state index contributed by atoms with van der Waals surface area (Å²) in [5, 5.41) is 15.1. The molecule has 0 fully saturated rings. The van der Waals surface area contributed by atoms with Crippen LogP contribution in [0.1, 0.15) is 48.7 Å². The fourth-order valence-corrected chi connectivity index (χ4v) is 3.20. The fraction of sp³-hybridized carbons (Fsp3) is 0.407. The smallest absolute Gasteiger partial charge is 0.407 e. The van der Waals surface area contributed by atoms with Gasteiger partial charge in [-0.25, -0.2) is 14.4 Å². The van der Waals surface area contributed by atoms with E-state index in [1.165, 1.54) is 7.11 Å². The summed E-state index contributed by atoms with van der Waals surface area (Å²) in [5.41, 5.74) is 1.21. The number of benzene rings is 2. The molecule has 10 nitrogen and oxygen atoms in total. The van der Waals surface area contributed by atoms with Gasteiger partial charge in [0.15, 0.2) is 0 Å². The second kappa shape index (κ2) is 14.0. The fourth-order valence-electron chi connectivity index (χ4n) is 3.20. The molecule has 10 heteroatoms. The SMILES string of the molecule is COC(=O)[C@@H](Cc1ccc(C(=O)OC(C)(C)C)cc1)NC(=O)C[C@@H](O)CNC(=O)OCc1ccccc1. The van der Waals surface area contributed by atoms with Crippen LogP contribution in [-0.2, 0) is 36.8 Å². The summed E-state index contributed by atoms with van der Waals surface area (Å²) < 4.78 is 15.2. The molecule has 3 N–H and O–H groups in total. The van der Waals surface area contributed by atoms with Crippen LogP contribution in [0.5, 0.6) is 0 Å². The summed E-state index contributed by atoms with van der Waals surface area (Å²) in [6.07, 6.45) is -2.18. The number of nitrogens with one attached hydrogen (secondary N) is 2. The molecule has 2 atom stereocenters. The number of carbonyl (C=O) groups excluding carboxylic acids is 4. The molecule has 0 aromatic heterocycles. The summed E-state index contributed by atoms with van der Waals surface area (Å²) in [5.74, 6) is -1.74. The Morgan fingerprint density at radius 1 is 0.946 bits per heavy atom. The van der Waals surface area contributed by atoms with Crippen LogP contribution in [0.15, 0.2) is 54.6 Å². The van der Waals surface area contributed by atoms with Crippen LogP contribution in [0, 0.1) is 0 Å². The molecule has 0 aliphatic heterocycles. The molecule has 2 amide bonds. The molecule has 2 aromatic carbocycles. The van der Waals surface area contributed by atoms with Crippen molar-refractivity contribution in [3.8, 4) is 0 Å². The Bertz CT molecular complexity index is 1050. The molecule has 2 aromatic rings. The van der Waals surface area contributed by atoms with Gasteiger partial charge in [-0.2, -0.15) is 0 Å². The van der Waals surface area contributed by atoms with Gasteiger partial charge in [-0.05, 0) is 44.0 Å². The van der Waals surface area contributed by atoms with Crippen molar-refractivity contribution in [1.29, 1.82) is 0 Å². The third-order valence-corrected chi connectivity index (χ3v) is 4.97. The van der Waals surface area contributed by atoms with Gasteiger partial charge < -0.3 is 30.0 Å². The van der Waals surface area contributed by atoms with Crippen molar-refractivity contribution < 1.29 is 38.5 Å². The van der Waals surface area contributed by atoms with E-state index in [2.05, 4.69) is 10.6 Å². The Morgan fingerprint density at radius 3 is 2.19 bits per heavy atom. The number of esters is 2. The number of ether oxygens (including phenoxy) is 3. The molecule has 0 unspecified atom stereocenters. The lowest BCUT2D eigenvalue weighted by molar-refractivity contribution is -0.145. The minimum Gasteiger partial charge on any atom is -0.467 e. The highest BCUT2D eigenvalue weighted by Crippen LogP contribution is 2.14. The van der Waals surface area contributed by atoms with E-state index in [1.807, 2.05) is 18.2 Å². The third kappa shape index (κ3) is 11.1. The normalized spacial score (nSPS) is 12.6. The quantitative estimate of drug-likeness (QED) is 0.307. The summed E-state index contributed by atoms with van der Waals surface area (Å²) in [7, 11) is 1.20. The first-order valence-electron chi connectivity index (χ1n) is 11.8. The van der Waals surface area contributed by atoms with Gasteiger partial charge in [0.1, 0.15) is 18.2 Å². The number of carbonyl (C=O) groups is 4. The van der Waals surface area contributed by atoms with E-state index in [9.17, 15) is 24.3 Å². The van der Waals surface area contributed by atoms with Crippen LogP contribution >= 0.6 is 0 Å². The summed E-state index contributed by atoms with van der Waals surface area (Å²) in [6, 6.07) is 14.5. The standard InChI is InChI=1S/C27H34N2O8/c1-27(2,3)37-24(32)20-12-10-18(11-13-20)14-22(25(33)35-4)29-23(31)15-21(30)16-28-26(34)36-17-19-8-6-5-7-9-19/h5-13,21-22,30H,14-17H2,1-4H3,(H,28,34)(H,29,31)/t21-,22-/m1/s1. The lowest BCUT2D eigenvalue weighted by Gasteiger charge is -2.20. The molecule has 0 aliphatic carbocycles. The van der Waals surface area contributed by atoms with Gasteiger partial charge >= 0.3 is 18.0 Å². The first kappa shape index (κ1) is 29.3. The van der Waals surface area contributed by atoms with Gasteiger partial charge in [0, 0.05) is 13.0 Å². The maximum Gasteiger partial charge on any atom is 0.407 e. The van der Waals surface area contributed by atoms with Gasteiger partial charge in [-0.3, -0.25) is 4.79 Å². The number of methoxy groups -OCH3 is 1. The summed E-state index contributed by atoms with van der Waals surface area (Å²) >= 11 is 0. The molecule has 0 saturated carbocycles.